The van der Waals surface area contributed by atoms with Gasteiger partial charge in [0, 0.05) is 27.0 Å². The number of nitrogens with zero attached hydrogens (tertiary/aromatic N) is 2. The van der Waals surface area contributed by atoms with Crippen LogP contribution in [0.5, 0.6) is 5.75 Å². The first-order chi connectivity index (χ1) is 14.0. The number of fused-ring (bicyclic) bond motifs is 3. The van der Waals surface area contributed by atoms with Gasteiger partial charge in [-0.25, -0.2) is 9.40 Å². The Kier molecular flexibility index (Phi) is 4.77. The second kappa shape index (κ2) is 7.31. The van der Waals surface area contributed by atoms with Gasteiger partial charge in [-0.1, -0.05) is 63.4 Å². The lowest BCUT2D eigenvalue weighted by Crippen LogP contribution is -2.33. The summed E-state index contributed by atoms with van der Waals surface area (Å²) >= 11 is 16.2. The summed E-state index contributed by atoms with van der Waals surface area (Å²) in [5.74, 6) is 0.353. The van der Waals surface area contributed by atoms with Crippen molar-refractivity contribution in [3.63, 3.8) is 0 Å². The lowest BCUT2D eigenvalue weighted by atomic mass is 9.96. The average molecular weight is 492 g/mol. The van der Waals surface area contributed by atoms with Crippen LogP contribution in [0.15, 0.2) is 70.2 Å². The molecule has 29 heavy (non-hydrogen) atoms. The number of hydrogen-bond acceptors (Lipinski definition) is 3. The molecule has 0 amide bonds. The zero-order valence-corrected chi connectivity index (χ0v) is 18.0. The molecule has 146 valence electrons. The van der Waals surface area contributed by atoms with Crippen LogP contribution < -0.4 is 4.74 Å². The van der Waals surface area contributed by atoms with Gasteiger partial charge in [0.05, 0.1) is 16.8 Å². The van der Waals surface area contributed by atoms with Crippen LogP contribution >= 0.6 is 39.1 Å². The molecule has 0 N–H and O–H groups in total. The van der Waals surface area contributed by atoms with Crippen LogP contribution in [-0.2, 0) is 0 Å². The van der Waals surface area contributed by atoms with E-state index in [0.29, 0.717) is 22.2 Å². The first-order valence-electron chi connectivity index (χ1n) is 9.02. The summed E-state index contributed by atoms with van der Waals surface area (Å²) in [5, 5.41) is 7.82. The van der Waals surface area contributed by atoms with Gasteiger partial charge in [-0.2, -0.15) is 5.10 Å². The molecule has 0 unspecified atom stereocenters. The van der Waals surface area contributed by atoms with Gasteiger partial charge in [0.2, 0.25) is 6.23 Å². The van der Waals surface area contributed by atoms with Crippen molar-refractivity contribution in [2.45, 2.75) is 18.7 Å². The Morgan fingerprint density at radius 1 is 1.03 bits per heavy atom. The molecule has 0 bridgehead atoms. The smallest absolute Gasteiger partial charge is 0.213 e. The van der Waals surface area contributed by atoms with E-state index in [9.17, 15) is 4.39 Å². The fraction of sp³-hybridized carbons (Fsp3) is 0.136. The summed E-state index contributed by atoms with van der Waals surface area (Å²) in [7, 11) is 0. The quantitative estimate of drug-likeness (QED) is 0.380. The van der Waals surface area contributed by atoms with E-state index in [2.05, 4.69) is 15.9 Å². The van der Waals surface area contributed by atoms with E-state index in [4.69, 9.17) is 33.0 Å². The molecule has 2 aliphatic heterocycles. The van der Waals surface area contributed by atoms with Crippen molar-refractivity contribution in [1.29, 1.82) is 0 Å². The van der Waals surface area contributed by atoms with Gasteiger partial charge >= 0.3 is 0 Å². The van der Waals surface area contributed by atoms with E-state index in [-0.39, 0.29) is 11.9 Å². The number of hydrazone groups is 1. The second-order valence-corrected chi connectivity index (χ2v) is 8.74. The van der Waals surface area contributed by atoms with E-state index in [1.807, 2.05) is 35.3 Å². The van der Waals surface area contributed by atoms with Crippen LogP contribution in [-0.4, -0.2) is 10.7 Å². The molecule has 3 aromatic rings. The lowest BCUT2D eigenvalue weighted by Gasteiger charge is -2.38. The van der Waals surface area contributed by atoms with E-state index in [0.717, 1.165) is 26.9 Å². The van der Waals surface area contributed by atoms with Crippen molar-refractivity contribution in [3.05, 3.63) is 97.7 Å². The topological polar surface area (TPSA) is 24.8 Å². The zero-order chi connectivity index (χ0) is 20.1. The molecule has 2 heterocycles. The number of rotatable bonds is 2. The third-order valence-electron chi connectivity index (χ3n) is 5.14. The molecule has 0 aliphatic carbocycles. The molecule has 3 aromatic carbocycles. The fourth-order valence-electron chi connectivity index (χ4n) is 3.78. The predicted molar refractivity (Wildman–Crippen MR) is 116 cm³/mol. The van der Waals surface area contributed by atoms with Gasteiger partial charge in [0.25, 0.3) is 0 Å². The van der Waals surface area contributed by atoms with Gasteiger partial charge in [-0.05, 0) is 42.0 Å². The highest BCUT2D eigenvalue weighted by Crippen LogP contribution is 2.50. The molecule has 5 rings (SSSR count). The maximum atomic E-state index is 13.4. The van der Waals surface area contributed by atoms with Crippen molar-refractivity contribution >= 4 is 44.8 Å². The molecule has 0 spiro atoms. The lowest BCUT2D eigenvalue weighted by molar-refractivity contribution is -0.0189. The minimum atomic E-state index is -0.433. The van der Waals surface area contributed by atoms with Crippen molar-refractivity contribution < 1.29 is 9.13 Å². The van der Waals surface area contributed by atoms with Crippen LogP contribution in [0.3, 0.4) is 0 Å². The Balaban J connectivity index is 1.62. The maximum absolute atomic E-state index is 13.4. The summed E-state index contributed by atoms with van der Waals surface area (Å²) in [5.41, 5.74) is 3.60. The molecule has 2 aliphatic rings. The number of halogens is 4. The number of hydrogen-bond donors (Lipinski definition) is 0. The molecule has 7 heteroatoms. The molecule has 0 saturated carbocycles. The first kappa shape index (κ1) is 18.9. The van der Waals surface area contributed by atoms with Crippen LogP contribution in [0.2, 0.25) is 10.0 Å². The summed E-state index contributed by atoms with van der Waals surface area (Å²) in [6.45, 7) is 0. The van der Waals surface area contributed by atoms with E-state index in [1.165, 1.54) is 12.1 Å². The zero-order valence-electron chi connectivity index (χ0n) is 14.9. The third kappa shape index (κ3) is 3.41. The van der Waals surface area contributed by atoms with E-state index in [1.54, 1.807) is 18.2 Å². The minimum absolute atomic E-state index is 0.0800. The third-order valence-corrected chi connectivity index (χ3v) is 6.17. The molecule has 0 fully saturated rings. The summed E-state index contributed by atoms with van der Waals surface area (Å²) in [6, 6.07) is 17.8. The maximum Gasteiger partial charge on any atom is 0.213 e. The second-order valence-electron chi connectivity index (χ2n) is 6.98. The Hall–Kier alpha value is -2.08. The van der Waals surface area contributed by atoms with E-state index < -0.39 is 6.23 Å². The van der Waals surface area contributed by atoms with Crippen LogP contribution in [0.25, 0.3) is 0 Å². The normalized spacial score (nSPS) is 20.0. The van der Waals surface area contributed by atoms with Crippen LogP contribution in [0.4, 0.5) is 4.39 Å². The number of ether oxygens (including phenoxy) is 1. The molecular weight excluding hydrogens is 478 g/mol. The van der Waals surface area contributed by atoms with Crippen molar-refractivity contribution in [3.8, 4) is 5.75 Å². The number of benzene rings is 3. The van der Waals surface area contributed by atoms with E-state index >= 15 is 0 Å². The van der Waals surface area contributed by atoms with Crippen LogP contribution in [0.1, 0.15) is 35.4 Å². The average Bonchev–Trinajstić information content (AvgIpc) is 3.14. The molecule has 0 radical (unpaired) electrons. The van der Waals surface area contributed by atoms with Crippen molar-refractivity contribution in [2.24, 2.45) is 5.10 Å². The van der Waals surface area contributed by atoms with Gasteiger partial charge in [0.1, 0.15) is 11.6 Å². The molecule has 3 nitrogen and oxygen atoms in total. The predicted octanol–water partition coefficient (Wildman–Crippen LogP) is 7.14. The Morgan fingerprint density at radius 2 is 1.76 bits per heavy atom. The van der Waals surface area contributed by atoms with Crippen LogP contribution in [0, 0.1) is 5.82 Å². The SMILES string of the molecule is Fc1ccc(C2=NN3[C@H](C2)c2cc(Cl)cc(Cl)c2O[C@H]3c2ccc(Br)cc2)cc1. The summed E-state index contributed by atoms with van der Waals surface area (Å²) in [6.07, 6.45) is 0.211. The Bertz CT molecular complexity index is 1120. The standard InChI is InChI=1S/C22H14BrCl2FN2O/c23-14-5-1-13(2-6-14)22-28-20(17-9-15(24)10-18(25)21(17)29-22)11-19(27-28)12-3-7-16(26)8-4-12/h1-10,20,22H,11H2/t20-,22+/m1/s1. The molecule has 0 aromatic heterocycles. The highest BCUT2D eigenvalue weighted by atomic mass is 79.9. The molecule has 0 saturated heterocycles. The van der Waals surface area contributed by atoms with Crippen molar-refractivity contribution in [1.82, 2.24) is 5.01 Å². The summed E-state index contributed by atoms with van der Waals surface area (Å²) < 4.78 is 20.7. The molecular formula is C22H14BrCl2FN2O. The largest absolute Gasteiger partial charge is 0.463 e. The summed E-state index contributed by atoms with van der Waals surface area (Å²) in [4.78, 5) is 0. The highest BCUT2D eigenvalue weighted by Gasteiger charge is 2.42. The van der Waals surface area contributed by atoms with Gasteiger partial charge < -0.3 is 4.74 Å². The highest BCUT2D eigenvalue weighted by molar-refractivity contribution is 9.10. The minimum Gasteiger partial charge on any atom is -0.463 e. The Morgan fingerprint density at radius 3 is 2.48 bits per heavy atom. The van der Waals surface area contributed by atoms with Crippen molar-refractivity contribution in [2.75, 3.05) is 0 Å². The first-order valence-corrected chi connectivity index (χ1v) is 10.6. The fourth-order valence-corrected chi connectivity index (χ4v) is 4.60. The monoisotopic (exact) mass is 490 g/mol. The molecule has 2 atom stereocenters. The van der Waals surface area contributed by atoms with Gasteiger partial charge in [-0.15, -0.1) is 0 Å². The Labute approximate surface area is 185 Å². The van der Waals surface area contributed by atoms with Gasteiger partial charge in [0.15, 0.2) is 0 Å². The van der Waals surface area contributed by atoms with Gasteiger partial charge in [-0.3, -0.25) is 0 Å².